The van der Waals surface area contributed by atoms with E-state index in [9.17, 15) is 43.2 Å². The van der Waals surface area contributed by atoms with Gasteiger partial charge in [-0.05, 0) is 58.3 Å². The second kappa shape index (κ2) is 11.3. The first-order chi connectivity index (χ1) is 21.0. The van der Waals surface area contributed by atoms with Gasteiger partial charge in [0.1, 0.15) is 23.0 Å². The van der Waals surface area contributed by atoms with Crippen LogP contribution < -0.4 is 23.2 Å². The van der Waals surface area contributed by atoms with Gasteiger partial charge in [-0.2, -0.15) is 43.2 Å². The zero-order valence-corrected chi connectivity index (χ0v) is 24.6. The molecule has 2 atom stereocenters. The van der Waals surface area contributed by atoms with Crippen LogP contribution in [0.5, 0.6) is 23.0 Å². The molecule has 45 heavy (non-hydrogen) atoms. The minimum Gasteiger partial charge on any atom is -0.497 e. The molecule has 4 aromatic rings. The maximum absolute atomic E-state index is 13.4. The molecular formula is C28H21F6NO8S2. The Bertz CT molecular complexity index is 1820. The van der Waals surface area contributed by atoms with Gasteiger partial charge in [-0.15, -0.1) is 0 Å². The molecule has 1 aliphatic rings. The van der Waals surface area contributed by atoms with Gasteiger partial charge in [-0.3, -0.25) is 5.32 Å². The molecule has 0 spiro atoms. The summed E-state index contributed by atoms with van der Waals surface area (Å²) in [6, 6.07) is 14.2. The second-order valence-corrected chi connectivity index (χ2v) is 12.7. The minimum absolute atomic E-state index is 0.0971. The van der Waals surface area contributed by atoms with Crippen molar-refractivity contribution in [2.45, 2.75) is 23.1 Å². The van der Waals surface area contributed by atoms with Crippen molar-refractivity contribution in [1.82, 2.24) is 5.32 Å². The first-order valence-corrected chi connectivity index (χ1v) is 15.4. The maximum atomic E-state index is 13.4. The Hall–Kier alpha value is -4.22. The zero-order valence-electron chi connectivity index (χ0n) is 22.9. The molecule has 0 saturated heterocycles. The predicted octanol–water partition coefficient (Wildman–Crippen LogP) is 6.10. The summed E-state index contributed by atoms with van der Waals surface area (Å²) in [5.74, 6) is -0.801. The smallest absolute Gasteiger partial charge is 0.497 e. The summed E-state index contributed by atoms with van der Waals surface area (Å²) in [5.41, 5.74) is -11.4. The Morgan fingerprint density at radius 2 is 0.933 bits per heavy atom. The summed E-state index contributed by atoms with van der Waals surface area (Å²) in [6.45, 7) is 0. The SMILES string of the molecule is COc1ccc(C2N[C@@H](c3ccc(OC)cc3)c3c(OS(=O)(=O)C(F)(F)F)ccc4ccc(OS(=O)(=O)C(F)(F)F)c2c34)cc1. The number of rotatable bonds is 8. The molecule has 0 aliphatic carbocycles. The first kappa shape index (κ1) is 32.2. The van der Waals surface area contributed by atoms with E-state index in [-0.39, 0.29) is 21.9 Å². The van der Waals surface area contributed by atoms with Crippen LogP contribution in [0.4, 0.5) is 26.3 Å². The predicted molar refractivity (Wildman–Crippen MR) is 148 cm³/mol. The lowest BCUT2D eigenvalue weighted by Gasteiger charge is -2.36. The summed E-state index contributed by atoms with van der Waals surface area (Å²) in [5, 5.41) is 3.22. The van der Waals surface area contributed by atoms with E-state index < -0.39 is 54.8 Å². The van der Waals surface area contributed by atoms with Crippen LogP contribution >= 0.6 is 0 Å². The van der Waals surface area contributed by atoms with Crippen LogP contribution in [0, 0.1) is 0 Å². The Kier molecular flexibility index (Phi) is 8.08. The number of nitrogens with one attached hydrogen (secondary N) is 1. The van der Waals surface area contributed by atoms with E-state index in [2.05, 4.69) is 13.7 Å². The lowest BCUT2D eigenvalue weighted by Crippen LogP contribution is -2.35. The number of ether oxygens (including phenoxy) is 2. The molecular weight excluding hydrogens is 656 g/mol. The molecule has 0 bridgehead atoms. The van der Waals surface area contributed by atoms with Gasteiger partial charge >= 0.3 is 31.3 Å². The highest BCUT2D eigenvalue weighted by molar-refractivity contribution is 7.88. The average Bonchev–Trinajstić information content (AvgIpc) is 2.98. The van der Waals surface area contributed by atoms with Crippen LogP contribution in [0.25, 0.3) is 10.8 Å². The van der Waals surface area contributed by atoms with Crippen LogP contribution in [0.3, 0.4) is 0 Å². The van der Waals surface area contributed by atoms with Crippen LogP contribution in [0.2, 0.25) is 0 Å². The van der Waals surface area contributed by atoms with E-state index in [1.165, 1.54) is 74.9 Å². The standard InChI is InChI=1S/C28H21F6NO8S2/c1-40-18-9-3-16(4-10-18)25-23-20(42-44(36,37)27(29,30)31)13-7-15-8-14-21(43-45(38,39)28(32,33)34)24(22(15)23)26(35-25)17-5-11-19(41-2)12-6-17/h3-14,25-26,35H,1-2H3/t25-,26?/m0/s1. The fraction of sp³-hybridized carbons (Fsp3) is 0.214. The molecule has 4 aromatic carbocycles. The summed E-state index contributed by atoms with van der Waals surface area (Å²) in [6.07, 6.45) is 0. The Balaban J connectivity index is 1.87. The van der Waals surface area contributed by atoms with Crippen LogP contribution in [-0.4, -0.2) is 42.1 Å². The number of benzene rings is 4. The molecule has 1 aliphatic heterocycles. The topological polar surface area (TPSA) is 117 Å². The Morgan fingerprint density at radius 3 is 1.24 bits per heavy atom. The molecule has 17 heteroatoms. The first-order valence-electron chi connectivity index (χ1n) is 12.6. The number of hydrogen-bond donors (Lipinski definition) is 1. The van der Waals surface area contributed by atoms with Crippen molar-refractivity contribution in [3.05, 3.63) is 95.1 Å². The van der Waals surface area contributed by atoms with Crippen molar-refractivity contribution in [2.24, 2.45) is 0 Å². The van der Waals surface area contributed by atoms with E-state index in [4.69, 9.17) is 9.47 Å². The zero-order chi connectivity index (χ0) is 32.9. The average molecular weight is 678 g/mol. The van der Waals surface area contributed by atoms with E-state index in [1.807, 2.05) is 0 Å². The third-order valence-electron chi connectivity index (χ3n) is 6.96. The molecule has 1 unspecified atom stereocenters. The lowest BCUT2D eigenvalue weighted by atomic mass is 9.81. The quantitative estimate of drug-likeness (QED) is 0.134. The molecule has 5 rings (SSSR count). The van der Waals surface area contributed by atoms with E-state index in [0.717, 1.165) is 12.1 Å². The number of methoxy groups -OCH3 is 2. The van der Waals surface area contributed by atoms with Crippen LogP contribution in [-0.2, 0) is 20.2 Å². The molecule has 0 amide bonds. The van der Waals surface area contributed by atoms with E-state index in [0.29, 0.717) is 22.6 Å². The fourth-order valence-electron chi connectivity index (χ4n) is 4.94. The summed E-state index contributed by atoms with van der Waals surface area (Å²) in [7, 11) is -9.66. The van der Waals surface area contributed by atoms with Gasteiger partial charge in [0.05, 0.1) is 26.3 Å². The third-order valence-corrected chi connectivity index (χ3v) is 8.89. The van der Waals surface area contributed by atoms with E-state index in [1.54, 1.807) is 0 Å². The van der Waals surface area contributed by atoms with Crippen molar-refractivity contribution in [1.29, 1.82) is 0 Å². The largest absolute Gasteiger partial charge is 0.534 e. The molecule has 240 valence electrons. The normalized spacial score (nSPS) is 17.2. The number of hydrogen-bond acceptors (Lipinski definition) is 9. The van der Waals surface area contributed by atoms with Gasteiger partial charge in [-0.25, -0.2) is 0 Å². The molecule has 0 radical (unpaired) electrons. The molecule has 1 heterocycles. The minimum atomic E-state index is -6.23. The van der Waals surface area contributed by atoms with Gasteiger partial charge in [0, 0.05) is 11.1 Å². The van der Waals surface area contributed by atoms with Gasteiger partial charge in [-0.1, -0.05) is 36.4 Å². The third kappa shape index (κ3) is 5.94. The van der Waals surface area contributed by atoms with Crippen molar-refractivity contribution >= 4 is 31.0 Å². The molecule has 0 saturated carbocycles. The highest BCUT2D eigenvalue weighted by Gasteiger charge is 2.51. The molecule has 0 aromatic heterocycles. The highest BCUT2D eigenvalue weighted by atomic mass is 32.2. The number of alkyl halides is 6. The summed E-state index contributed by atoms with van der Waals surface area (Å²) >= 11 is 0. The molecule has 9 nitrogen and oxygen atoms in total. The second-order valence-electron chi connectivity index (χ2n) is 9.60. The molecule has 0 fully saturated rings. The monoisotopic (exact) mass is 677 g/mol. The van der Waals surface area contributed by atoms with E-state index >= 15 is 0 Å². The van der Waals surface area contributed by atoms with Gasteiger partial charge in [0.25, 0.3) is 0 Å². The summed E-state index contributed by atoms with van der Waals surface area (Å²) in [4.78, 5) is 0. The Morgan fingerprint density at radius 1 is 0.578 bits per heavy atom. The number of halogens is 6. The molecule has 1 N–H and O–H groups in total. The van der Waals surface area contributed by atoms with Crippen LogP contribution in [0.1, 0.15) is 34.3 Å². The van der Waals surface area contributed by atoms with Crippen molar-refractivity contribution in [3.8, 4) is 23.0 Å². The van der Waals surface area contributed by atoms with Gasteiger partial charge in [0.15, 0.2) is 0 Å². The van der Waals surface area contributed by atoms with Gasteiger partial charge in [0.2, 0.25) is 0 Å². The van der Waals surface area contributed by atoms with Crippen LogP contribution in [0.15, 0.2) is 72.8 Å². The highest BCUT2D eigenvalue weighted by Crippen LogP contribution is 2.50. The van der Waals surface area contributed by atoms with Crippen molar-refractivity contribution in [3.63, 3.8) is 0 Å². The fourth-order valence-corrected chi connectivity index (χ4v) is 5.89. The van der Waals surface area contributed by atoms with Gasteiger partial charge < -0.3 is 17.8 Å². The maximum Gasteiger partial charge on any atom is 0.534 e. The van der Waals surface area contributed by atoms with Crippen molar-refractivity contribution < 1.29 is 61.0 Å². The van der Waals surface area contributed by atoms with Crippen molar-refractivity contribution in [2.75, 3.05) is 14.2 Å². The Labute approximate surface area is 252 Å². The lowest BCUT2D eigenvalue weighted by molar-refractivity contribution is -0.0504. The summed E-state index contributed by atoms with van der Waals surface area (Å²) < 4.78 is 149.